The second kappa shape index (κ2) is 22.4. The van der Waals surface area contributed by atoms with E-state index in [1.54, 1.807) is 58.3 Å². The highest BCUT2D eigenvalue weighted by Gasteiger charge is 2.27. The zero-order valence-electron chi connectivity index (χ0n) is 37.7. The van der Waals surface area contributed by atoms with Crippen molar-refractivity contribution in [1.29, 1.82) is 0 Å². The summed E-state index contributed by atoms with van der Waals surface area (Å²) in [6, 6.07) is 13.9. The third-order valence-corrected chi connectivity index (χ3v) is 11.5. The van der Waals surface area contributed by atoms with Gasteiger partial charge in [-0.25, -0.2) is 0 Å². The molecule has 9 N–H and O–H groups in total. The van der Waals surface area contributed by atoms with Crippen LogP contribution in [0.5, 0.6) is 0 Å². The molecule has 4 saturated heterocycles. The van der Waals surface area contributed by atoms with Gasteiger partial charge in [-0.1, -0.05) is 13.8 Å². The van der Waals surface area contributed by atoms with Gasteiger partial charge in [0, 0.05) is 92.9 Å². The van der Waals surface area contributed by atoms with Crippen molar-refractivity contribution < 1.29 is 33.4 Å². The van der Waals surface area contributed by atoms with Gasteiger partial charge in [0.15, 0.2) is 23.0 Å². The van der Waals surface area contributed by atoms with Gasteiger partial charge in [-0.3, -0.25) is 24.0 Å². The largest absolute Gasteiger partial charge is 0.378 e. The minimum absolute atomic E-state index is 0.00266. The second-order valence-electron chi connectivity index (χ2n) is 16.9. The summed E-state index contributed by atoms with van der Waals surface area (Å²) in [7, 11) is 0. The fraction of sp³-hybridized carbons (Fsp3) is 0.477. The number of morpholine rings is 2. The monoisotopic (exact) mass is 922 g/mol. The fourth-order valence-corrected chi connectivity index (χ4v) is 7.81. The molecule has 356 valence electrons. The highest BCUT2D eigenvalue weighted by molar-refractivity contribution is 5.98. The molecule has 23 nitrogen and oxygen atoms in total. The third kappa shape index (κ3) is 12.6. The maximum atomic E-state index is 12.7. The number of carbonyl (C=O) groups is 5. The molecule has 2 atom stereocenters. The molecule has 4 fully saturated rings. The normalized spacial score (nSPS) is 18.6. The third-order valence-electron chi connectivity index (χ3n) is 11.5. The van der Waals surface area contributed by atoms with Crippen LogP contribution in [0, 0.1) is 5.92 Å². The van der Waals surface area contributed by atoms with Gasteiger partial charge in [-0.15, -0.1) is 20.4 Å². The Hall–Kier alpha value is -7.11. The molecule has 0 aliphatic carbocycles. The van der Waals surface area contributed by atoms with Gasteiger partial charge in [0.2, 0.25) is 17.8 Å². The Bertz CT molecular complexity index is 2380. The number of nitrogens with one attached hydrogen (secondary N) is 3. The Morgan fingerprint density at radius 3 is 1.46 bits per heavy atom. The minimum atomic E-state index is -0.760. The van der Waals surface area contributed by atoms with Gasteiger partial charge in [0.05, 0.1) is 26.4 Å². The molecular formula is C44H58N16O7. The molecule has 5 amide bonds. The van der Waals surface area contributed by atoms with E-state index in [-0.39, 0.29) is 58.7 Å². The van der Waals surface area contributed by atoms with Crippen LogP contribution < -0.4 is 43.0 Å². The van der Waals surface area contributed by atoms with Gasteiger partial charge in [0.25, 0.3) is 23.6 Å². The van der Waals surface area contributed by atoms with Gasteiger partial charge in [-0.05, 0) is 74.2 Å². The van der Waals surface area contributed by atoms with E-state index in [9.17, 15) is 24.0 Å². The van der Waals surface area contributed by atoms with E-state index in [0.717, 1.165) is 32.2 Å². The number of hydrogen-bond acceptors (Lipinski definition) is 18. The first-order chi connectivity index (χ1) is 32.3. The number of aromatic nitrogens is 6. The SMILES string of the molecule is CC(C)C(=O)N[C@@H]1CCCN(c2nnc(C(N)=O)c(Nc3ccc(C(=O)N4CCOCC4)cc3)n2)C1.NC(=O)c1nnc(N2CCC[C@@H](N)C2)nc1Nc1ccc(C(=O)N2CCOCC2)cc1. The maximum Gasteiger partial charge on any atom is 0.273 e. The van der Waals surface area contributed by atoms with Gasteiger partial charge in [-0.2, -0.15) is 9.97 Å². The number of primary amides is 2. The van der Waals surface area contributed by atoms with Gasteiger partial charge < -0.3 is 62.2 Å². The van der Waals surface area contributed by atoms with Crippen molar-refractivity contribution in [2.45, 2.75) is 51.6 Å². The lowest BCUT2D eigenvalue weighted by Crippen LogP contribution is -2.49. The Kier molecular flexibility index (Phi) is 16.0. The number of rotatable bonds is 12. The Morgan fingerprint density at radius 2 is 1.04 bits per heavy atom. The molecule has 2 aromatic heterocycles. The summed E-state index contributed by atoms with van der Waals surface area (Å²) in [6.07, 6.45) is 3.60. The lowest BCUT2D eigenvalue weighted by molar-refractivity contribution is -0.124. The van der Waals surface area contributed by atoms with Crippen LogP contribution in [0.25, 0.3) is 0 Å². The molecule has 0 bridgehead atoms. The van der Waals surface area contributed by atoms with E-state index in [1.165, 1.54) is 0 Å². The van der Waals surface area contributed by atoms with Crippen LogP contribution in [-0.2, 0) is 14.3 Å². The first kappa shape index (κ1) is 47.8. The molecule has 23 heteroatoms. The zero-order chi connectivity index (χ0) is 47.5. The zero-order valence-corrected chi connectivity index (χ0v) is 37.7. The summed E-state index contributed by atoms with van der Waals surface area (Å²) in [5.41, 5.74) is 19.2. The number of nitrogens with zero attached hydrogens (tertiary/aromatic N) is 10. The van der Waals surface area contributed by atoms with Crippen LogP contribution >= 0.6 is 0 Å². The summed E-state index contributed by atoms with van der Waals surface area (Å²) in [5.74, 6) is -0.573. The molecule has 0 spiro atoms. The van der Waals surface area contributed by atoms with Crippen molar-refractivity contribution in [1.82, 2.24) is 45.5 Å². The van der Waals surface area contributed by atoms with Gasteiger partial charge >= 0.3 is 0 Å². The standard InChI is InChI=1S/C24H32N8O4.C20H26N8O3/c1-15(2)22(34)27-18-4-3-9-32(14-18)24-28-21(19(20(25)33)29-30-24)26-17-7-5-16(6-8-17)23(35)31-10-12-36-13-11-31;21-14-2-1-7-28(12-14)20-24-18(16(17(22)29)25-26-20)23-15-5-3-13(4-6-15)19(30)27-8-10-31-11-9-27/h5-8,15,18H,3-4,9-14H2,1-2H3,(H2,25,33)(H,27,34)(H,26,28,30);3-6,14H,1-2,7-12,21H2,(H2,22,29)(H,23,24,26)/t18-;14-/m11/s1. The summed E-state index contributed by atoms with van der Waals surface area (Å²) in [4.78, 5) is 77.6. The number of hydrogen-bond donors (Lipinski definition) is 6. The highest BCUT2D eigenvalue weighted by Crippen LogP contribution is 2.25. The molecule has 4 aliphatic rings. The minimum Gasteiger partial charge on any atom is -0.378 e. The molecular weight excluding hydrogens is 865 g/mol. The molecule has 8 rings (SSSR count). The average Bonchev–Trinajstić information content (AvgIpc) is 3.34. The maximum absolute atomic E-state index is 12.7. The molecule has 0 saturated carbocycles. The van der Waals surface area contributed by atoms with Crippen molar-refractivity contribution in [3.8, 4) is 0 Å². The molecule has 0 radical (unpaired) electrons. The van der Waals surface area contributed by atoms with Crippen LogP contribution in [0.3, 0.4) is 0 Å². The van der Waals surface area contributed by atoms with E-state index in [1.807, 2.05) is 23.6 Å². The predicted octanol–water partition coefficient (Wildman–Crippen LogP) is 1.04. The van der Waals surface area contributed by atoms with E-state index in [0.29, 0.717) is 107 Å². The summed E-state index contributed by atoms with van der Waals surface area (Å²) < 4.78 is 10.6. The Labute approximate surface area is 387 Å². The number of carbonyl (C=O) groups excluding carboxylic acids is 5. The number of anilines is 6. The number of amides is 5. The van der Waals surface area contributed by atoms with Crippen LogP contribution in [-0.4, -0.2) is 161 Å². The molecule has 4 aromatic rings. The summed E-state index contributed by atoms with van der Waals surface area (Å²) in [5, 5.41) is 25.4. The van der Waals surface area contributed by atoms with Crippen molar-refractivity contribution in [3.05, 3.63) is 71.0 Å². The first-order valence-electron chi connectivity index (χ1n) is 22.5. The Morgan fingerprint density at radius 1 is 0.612 bits per heavy atom. The predicted molar refractivity (Wildman–Crippen MR) is 247 cm³/mol. The van der Waals surface area contributed by atoms with Crippen molar-refractivity contribution in [2.75, 3.05) is 99.2 Å². The summed E-state index contributed by atoms with van der Waals surface area (Å²) >= 11 is 0. The number of piperidine rings is 2. The van der Waals surface area contributed by atoms with E-state index in [4.69, 9.17) is 26.7 Å². The van der Waals surface area contributed by atoms with Crippen LogP contribution in [0.4, 0.5) is 34.9 Å². The first-order valence-corrected chi connectivity index (χ1v) is 22.5. The topological polar surface area (TPSA) is 308 Å². The van der Waals surface area contributed by atoms with Crippen LogP contribution in [0.1, 0.15) is 81.2 Å². The number of nitrogens with two attached hydrogens (primary N) is 3. The molecule has 6 heterocycles. The fourth-order valence-electron chi connectivity index (χ4n) is 7.81. The molecule has 67 heavy (non-hydrogen) atoms. The van der Waals surface area contributed by atoms with E-state index in [2.05, 4.69) is 46.3 Å². The quantitative estimate of drug-likeness (QED) is 0.116. The lowest BCUT2D eigenvalue weighted by atomic mass is 10.0. The van der Waals surface area contributed by atoms with Crippen molar-refractivity contribution >= 4 is 64.4 Å². The van der Waals surface area contributed by atoms with E-state index < -0.39 is 11.8 Å². The van der Waals surface area contributed by atoms with Crippen LogP contribution in [0.15, 0.2) is 48.5 Å². The number of ether oxygens (including phenoxy) is 2. The lowest BCUT2D eigenvalue weighted by Gasteiger charge is -2.33. The molecule has 2 aromatic carbocycles. The highest BCUT2D eigenvalue weighted by atomic mass is 16.5. The molecule has 4 aliphatic heterocycles. The molecule has 0 unspecified atom stereocenters. The van der Waals surface area contributed by atoms with Crippen molar-refractivity contribution in [3.63, 3.8) is 0 Å². The average molecular weight is 923 g/mol. The van der Waals surface area contributed by atoms with E-state index >= 15 is 0 Å². The van der Waals surface area contributed by atoms with Crippen LogP contribution in [0.2, 0.25) is 0 Å². The number of benzene rings is 2. The second-order valence-corrected chi connectivity index (χ2v) is 16.9. The Balaban J connectivity index is 0.000000201. The summed E-state index contributed by atoms with van der Waals surface area (Å²) in [6.45, 7) is 10.8. The van der Waals surface area contributed by atoms with Crippen molar-refractivity contribution in [2.24, 2.45) is 23.1 Å². The smallest absolute Gasteiger partial charge is 0.273 e. The van der Waals surface area contributed by atoms with Gasteiger partial charge in [0.1, 0.15) is 0 Å².